The third kappa shape index (κ3) is 2.95. The lowest BCUT2D eigenvalue weighted by Gasteiger charge is -2.08. The number of benzene rings is 2. The first kappa shape index (κ1) is 14.5. The zero-order valence-corrected chi connectivity index (χ0v) is 13.6. The number of methoxy groups -OCH3 is 1. The van der Waals surface area contributed by atoms with E-state index in [1.165, 1.54) is 4.70 Å². The number of ether oxygens (including phenoxy) is 1. The summed E-state index contributed by atoms with van der Waals surface area (Å²) in [6.45, 7) is 0.670. The topological polar surface area (TPSA) is 21.3 Å². The Balaban J connectivity index is 1.82. The predicted octanol–water partition coefficient (Wildman–Crippen LogP) is 5.83. The van der Waals surface area contributed by atoms with Gasteiger partial charge in [-0.2, -0.15) is 0 Å². The highest BCUT2D eigenvalue weighted by atomic mass is 35.5. The molecule has 0 aliphatic heterocycles. The van der Waals surface area contributed by atoms with E-state index in [1.54, 1.807) is 18.4 Å². The van der Waals surface area contributed by atoms with Crippen LogP contribution in [-0.4, -0.2) is 7.11 Å². The van der Waals surface area contributed by atoms with Crippen LogP contribution >= 0.6 is 34.5 Å². The molecule has 3 rings (SSSR count). The van der Waals surface area contributed by atoms with E-state index in [4.69, 9.17) is 27.9 Å². The van der Waals surface area contributed by atoms with Crippen molar-refractivity contribution < 1.29 is 4.74 Å². The Labute approximate surface area is 137 Å². The molecular formula is C16H13Cl2NOS. The standard InChI is InChI=1S/C16H13Cl2NOS/c1-20-13-8-10(6-7-12(13)17)19-9-15-16(18)11-4-2-3-5-14(11)21-15/h2-8,19H,9H2,1H3. The number of fused-ring (bicyclic) bond motifs is 1. The van der Waals surface area contributed by atoms with E-state index in [9.17, 15) is 0 Å². The van der Waals surface area contributed by atoms with Crippen molar-refractivity contribution in [3.05, 3.63) is 57.4 Å². The van der Waals surface area contributed by atoms with Crippen LogP contribution in [0.5, 0.6) is 5.75 Å². The van der Waals surface area contributed by atoms with Crippen molar-refractivity contribution in [2.45, 2.75) is 6.54 Å². The van der Waals surface area contributed by atoms with Gasteiger partial charge in [-0.3, -0.25) is 0 Å². The number of thiophene rings is 1. The number of hydrogen-bond acceptors (Lipinski definition) is 3. The molecule has 5 heteroatoms. The maximum absolute atomic E-state index is 6.43. The predicted molar refractivity (Wildman–Crippen MR) is 92.2 cm³/mol. The Morgan fingerprint density at radius 2 is 1.95 bits per heavy atom. The van der Waals surface area contributed by atoms with Gasteiger partial charge in [-0.05, 0) is 18.2 Å². The first-order valence-electron chi connectivity index (χ1n) is 6.42. The summed E-state index contributed by atoms with van der Waals surface area (Å²) in [5.74, 6) is 0.657. The van der Waals surface area contributed by atoms with Crippen molar-refractivity contribution in [2.24, 2.45) is 0 Å². The van der Waals surface area contributed by atoms with Gasteiger partial charge in [0.15, 0.2) is 0 Å². The molecule has 3 aromatic rings. The van der Waals surface area contributed by atoms with Crippen LogP contribution in [0.2, 0.25) is 10.0 Å². The summed E-state index contributed by atoms with van der Waals surface area (Å²) in [4.78, 5) is 1.12. The zero-order chi connectivity index (χ0) is 14.8. The summed E-state index contributed by atoms with van der Waals surface area (Å²) < 4.78 is 6.42. The van der Waals surface area contributed by atoms with Gasteiger partial charge in [0.25, 0.3) is 0 Å². The first-order chi connectivity index (χ1) is 10.2. The number of rotatable bonds is 4. The zero-order valence-electron chi connectivity index (χ0n) is 11.3. The van der Waals surface area contributed by atoms with E-state index >= 15 is 0 Å². The van der Waals surface area contributed by atoms with Crippen LogP contribution < -0.4 is 10.1 Å². The lowest BCUT2D eigenvalue weighted by molar-refractivity contribution is 0.415. The van der Waals surface area contributed by atoms with E-state index in [0.717, 1.165) is 21.0 Å². The van der Waals surface area contributed by atoms with Crippen LogP contribution in [0, 0.1) is 0 Å². The second kappa shape index (κ2) is 6.14. The molecule has 0 fully saturated rings. The minimum absolute atomic E-state index is 0.600. The van der Waals surface area contributed by atoms with Gasteiger partial charge >= 0.3 is 0 Å². The molecule has 0 radical (unpaired) electrons. The van der Waals surface area contributed by atoms with Crippen molar-refractivity contribution in [1.82, 2.24) is 0 Å². The first-order valence-corrected chi connectivity index (χ1v) is 7.99. The van der Waals surface area contributed by atoms with Gasteiger partial charge in [-0.25, -0.2) is 0 Å². The summed E-state index contributed by atoms with van der Waals surface area (Å²) in [7, 11) is 1.61. The molecule has 108 valence electrons. The Morgan fingerprint density at radius 3 is 2.71 bits per heavy atom. The Bertz CT molecular complexity index is 785. The number of hydrogen-bond donors (Lipinski definition) is 1. The average Bonchev–Trinajstić information content (AvgIpc) is 2.83. The van der Waals surface area contributed by atoms with E-state index in [-0.39, 0.29) is 0 Å². The molecule has 0 unspecified atom stereocenters. The summed E-state index contributed by atoms with van der Waals surface area (Å²) in [6.07, 6.45) is 0. The van der Waals surface area contributed by atoms with Crippen molar-refractivity contribution in [1.29, 1.82) is 0 Å². The fourth-order valence-corrected chi connectivity index (χ4v) is 3.76. The summed E-state index contributed by atoms with van der Waals surface area (Å²) in [5.41, 5.74) is 0.949. The van der Waals surface area contributed by atoms with Crippen LogP contribution in [0.3, 0.4) is 0 Å². The summed E-state index contributed by atoms with van der Waals surface area (Å²) in [6, 6.07) is 13.8. The molecule has 0 aliphatic rings. The normalized spacial score (nSPS) is 10.8. The highest BCUT2D eigenvalue weighted by Crippen LogP contribution is 2.36. The van der Waals surface area contributed by atoms with Gasteiger partial charge in [0.2, 0.25) is 0 Å². The van der Waals surface area contributed by atoms with Gasteiger partial charge in [-0.1, -0.05) is 41.4 Å². The molecule has 0 aliphatic carbocycles. The Kier molecular flexibility index (Phi) is 4.24. The van der Waals surface area contributed by atoms with Gasteiger partial charge < -0.3 is 10.1 Å². The van der Waals surface area contributed by atoms with Crippen molar-refractivity contribution >= 4 is 50.3 Å². The van der Waals surface area contributed by atoms with Gasteiger partial charge in [0, 0.05) is 26.7 Å². The van der Waals surface area contributed by atoms with Crippen molar-refractivity contribution in [3.63, 3.8) is 0 Å². The number of anilines is 1. The van der Waals surface area contributed by atoms with Gasteiger partial charge in [0.05, 0.1) is 23.7 Å². The van der Waals surface area contributed by atoms with E-state index in [0.29, 0.717) is 17.3 Å². The van der Waals surface area contributed by atoms with Crippen LogP contribution in [0.15, 0.2) is 42.5 Å². The molecule has 0 spiro atoms. The monoisotopic (exact) mass is 337 g/mol. The lowest BCUT2D eigenvalue weighted by Crippen LogP contribution is -1.98. The Hall–Kier alpha value is -1.42. The molecule has 0 bridgehead atoms. The van der Waals surface area contributed by atoms with Crippen LogP contribution in [0.4, 0.5) is 5.69 Å². The van der Waals surface area contributed by atoms with E-state index < -0.39 is 0 Å². The minimum atomic E-state index is 0.600. The fourth-order valence-electron chi connectivity index (χ4n) is 2.13. The molecular weight excluding hydrogens is 325 g/mol. The molecule has 0 atom stereocenters. The maximum atomic E-state index is 6.43. The van der Waals surface area contributed by atoms with E-state index in [2.05, 4.69) is 11.4 Å². The molecule has 0 amide bonds. The van der Waals surface area contributed by atoms with Crippen LogP contribution in [0.25, 0.3) is 10.1 Å². The SMILES string of the molecule is COc1cc(NCc2sc3ccccc3c2Cl)ccc1Cl. The lowest BCUT2D eigenvalue weighted by atomic mass is 10.2. The van der Waals surface area contributed by atoms with Crippen LogP contribution in [-0.2, 0) is 6.54 Å². The highest BCUT2D eigenvalue weighted by molar-refractivity contribution is 7.19. The fraction of sp³-hybridized carbons (Fsp3) is 0.125. The number of halogens is 2. The van der Waals surface area contributed by atoms with Gasteiger partial charge in [0.1, 0.15) is 5.75 Å². The van der Waals surface area contributed by atoms with Crippen molar-refractivity contribution in [3.8, 4) is 5.75 Å². The van der Waals surface area contributed by atoms with Gasteiger partial charge in [-0.15, -0.1) is 11.3 Å². The average molecular weight is 338 g/mol. The summed E-state index contributed by atoms with van der Waals surface area (Å²) in [5, 5.41) is 5.88. The number of nitrogens with one attached hydrogen (secondary N) is 1. The molecule has 0 saturated carbocycles. The van der Waals surface area contributed by atoms with E-state index in [1.807, 2.05) is 36.4 Å². The molecule has 1 aromatic heterocycles. The molecule has 1 N–H and O–H groups in total. The second-order valence-corrected chi connectivity index (χ2v) is 6.46. The molecule has 1 heterocycles. The maximum Gasteiger partial charge on any atom is 0.139 e. The Morgan fingerprint density at radius 1 is 1.14 bits per heavy atom. The molecule has 21 heavy (non-hydrogen) atoms. The second-order valence-electron chi connectivity index (χ2n) is 4.54. The highest BCUT2D eigenvalue weighted by Gasteiger charge is 2.10. The quantitative estimate of drug-likeness (QED) is 0.646. The molecule has 2 aromatic carbocycles. The third-order valence-corrected chi connectivity index (χ3v) is 5.23. The summed E-state index contributed by atoms with van der Waals surface area (Å²) >= 11 is 14.2. The largest absolute Gasteiger partial charge is 0.495 e. The molecule has 0 saturated heterocycles. The minimum Gasteiger partial charge on any atom is -0.495 e. The molecule has 2 nitrogen and oxygen atoms in total. The van der Waals surface area contributed by atoms with Crippen LogP contribution in [0.1, 0.15) is 4.88 Å². The smallest absolute Gasteiger partial charge is 0.139 e. The van der Waals surface area contributed by atoms with Crippen molar-refractivity contribution in [2.75, 3.05) is 12.4 Å². The third-order valence-electron chi connectivity index (χ3n) is 3.21.